The number of rotatable bonds is 10. The molecule has 0 aromatic heterocycles. The van der Waals surface area contributed by atoms with Crippen molar-refractivity contribution in [2.45, 2.75) is 59.0 Å². The van der Waals surface area contributed by atoms with Gasteiger partial charge in [-0.25, -0.2) is 0 Å². The summed E-state index contributed by atoms with van der Waals surface area (Å²) in [7, 11) is 1.67. The molecule has 174 valence electrons. The molecule has 0 bridgehead atoms. The Bertz CT molecular complexity index is 854. The first-order chi connectivity index (χ1) is 15.6. The summed E-state index contributed by atoms with van der Waals surface area (Å²) in [6.07, 6.45) is 4.16. The van der Waals surface area contributed by atoms with E-state index in [0.29, 0.717) is 19.2 Å². The first-order valence-electron chi connectivity index (χ1n) is 12.0. The van der Waals surface area contributed by atoms with Crippen molar-refractivity contribution < 1.29 is 14.3 Å². The van der Waals surface area contributed by atoms with E-state index in [0.717, 1.165) is 67.0 Å². The normalized spacial score (nSPS) is 18.4. The molecule has 0 radical (unpaired) electrons. The molecule has 2 aromatic carbocycles. The lowest BCUT2D eigenvalue weighted by Gasteiger charge is -2.35. The average molecular weight is 439 g/mol. The van der Waals surface area contributed by atoms with Gasteiger partial charge in [-0.2, -0.15) is 0 Å². The van der Waals surface area contributed by atoms with Gasteiger partial charge in [-0.05, 0) is 81.1 Å². The quantitative estimate of drug-likeness (QED) is 0.548. The maximum absolute atomic E-state index is 12.9. The molecule has 0 aliphatic heterocycles. The van der Waals surface area contributed by atoms with E-state index in [4.69, 9.17) is 9.47 Å². The Kier molecular flexibility index (Phi) is 8.98. The molecule has 2 aromatic rings. The zero-order chi connectivity index (χ0) is 22.9. The highest BCUT2D eigenvalue weighted by atomic mass is 16.5. The molecule has 0 heterocycles. The summed E-state index contributed by atoms with van der Waals surface area (Å²) in [5.74, 6) is 1.95. The fourth-order valence-corrected chi connectivity index (χ4v) is 4.75. The molecular formula is C27H38N2O3. The molecule has 1 aliphatic carbocycles. The monoisotopic (exact) mass is 438 g/mol. The lowest BCUT2D eigenvalue weighted by atomic mass is 9.84. The number of benzene rings is 2. The SMILES string of the molecule is CCOc1ccc(-c2ccc(OC)cc2)cc1CNC(=O)C1CCC(N(CC)CC)CC1. The zero-order valence-corrected chi connectivity index (χ0v) is 20.0. The highest BCUT2D eigenvalue weighted by Crippen LogP contribution is 2.30. The summed E-state index contributed by atoms with van der Waals surface area (Å²) < 4.78 is 11.1. The van der Waals surface area contributed by atoms with Gasteiger partial charge in [0.2, 0.25) is 5.91 Å². The van der Waals surface area contributed by atoms with Crippen molar-refractivity contribution in [3.63, 3.8) is 0 Å². The van der Waals surface area contributed by atoms with Crippen molar-refractivity contribution in [3.8, 4) is 22.6 Å². The first kappa shape index (κ1) is 24.1. The maximum atomic E-state index is 12.9. The van der Waals surface area contributed by atoms with Gasteiger partial charge in [-0.15, -0.1) is 0 Å². The molecule has 0 atom stereocenters. The fraction of sp³-hybridized carbons (Fsp3) is 0.519. The van der Waals surface area contributed by atoms with Gasteiger partial charge in [-0.3, -0.25) is 4.79 Å². The minimum atomic E-state index is 0.113. The Balaban J connectivity index is 1.64. The summed E-state index contributed by atoms with van der Waals surface area (Å²) in [5, 5.41) is 3.18. The van der Waals surface area contributed by atoms with Crippen LogP contribution < -0.4 is 14.8 Å². The van der Waals surface area contributed by atoms with Crippen molar-refractivity contribution >= 4 is 5.91 Å². The standard InChI is InChI=1S/C27H38N2O3/c1-5-29(6-2)24-13-8-21(9-14-24)27(30)28-19-23-18-22(12-17-26(23)32-7-3)20-10-15-25(31-4)16-11-20/h10-12,15-18,21,24H,5-9,13-14,19H2,1-4H3,(H,28,30). The lowest BCUT2D eigenvalue weighted by molar-refractivity contribution is -0.126. The topological polar surface area (TPSA) is 50.8 Å². The number of carbonyl (C=O) groups is 1. The smallest absolute Gasteiger partial charge is 0.223 e. The zero-order valence-electron chi connectivity index (χ0n) is 20.0. The van der Waals surface area contributed by atoms with Crippen LogP contribution >= 0.6 is 0 Å². The Hall–Kier alpha value is -2.53. The number of ether oxygens (including phenoxy) is 2. The van der Waals surface area contributed by atoms with Crippen LogP contribution in [0, 0.1) is 5.92 Å². The highest BCUT2D eigenvalue weighted by molar-refractivity contribution is 5.79. The number of nitrogens with one attached hydrogen (secondary N) is 1. The average Bonchev–Trinajstić information content (AvgIpc) is 2.84. The number of methoxy groups -OCH3 is 1. The molecule has 5 heteroatoms. The van der Waals surface area contributed by atoms with Gasteiger partial charge in [0.05, 0.1) is 13.7 Å². The highest BCUT2D eigenvalue weighted by Gasteiger charge is 2.28. The maximum Gasteiger partial charge on any atom is 0.223 e. The lowest BCUT2D eigenvalue weighted by Crippen LogP contribution is -2.40. The van der Waals surface area contributed by atoms with E-state index in [1.54, 1.807) is 7.11 Å². The minimum Gasteiger partial charge on any atom is -0.497 e. The van der Waals surface area contributed by atoms with Gasteiger partial charge in [-0.1, -0.05) is 32.0 Å². The number of hydrogen-bond donors (Lipinski definition) is 1. The predicted molar refractivity (Wildman–Crippen MR) is 130 cm³/mol. The second kappa shape index (κ2) is 11.9. The van der Waals surface area contributed by atoms with Gasteiger partial charge < -0.3 is 19.7 Å². The number of nitrogens with zero attached hydrogens (tertiary/aromatic N) is 1. The van der Waals surface area contributed by atoms with Gasteiger partial charge >= 0.3 is 0 Å². The second-order valence-electron chi connectivity index (χ2n) is 8.43. The summed E-state index contributed by atoms with van der Waals surface area (Å²) >= 11 is 0. The second-order valence-corrected chi connectivity index (χ2v) is 8.43. The van der Waals surface area contributed by atoms with Crippen LogP contribution in [0.25, 0.3) is 11.1 Å². The third-order valence-electron chi connectivity index (χ3n) is 6.63. The van der Waals surface area contributed by atoms with Crippen LogP contribution in [0.15, 0.2) is 42.5 Å². The van der Waals surface area contributed by atoms with E-state index in [9.17, 15) is 4.79 Å². The molecule has 1 amide bonds. The predicted octanol–water partition coefficient (Wildman–Crippen LogP) is 5.28. The summed E-state index contributed by atoms with van der Waals surface area (Å²) in [6, 6.07) is 14.8. The molecule has 1 N–H and O–H groups in total. The van der Waals surface area contributed by atoms with Crippen LogP contribution in [-0.4, -0.2) is 43.7 Å². The van der Waals surface area contributed by atoms with E-state index < -0.39 is 0 Å². The van der Waals surface area contributed by atoms with Crippen molar-refractivity contribution in [1.82, 2.24) is 10.2 Å². The first-order valence-corrected chi connectivity index (χ1v) is 12.0. The third kappa shape index (κ3) is 6.04. The van der Waals surface area contributed by atoms with E-state index in [1.807, 2.05) is 37.3 Å². The summed E-state index contributed by atoms with van der Waals surface area (Å²) in [6.45, 7) is 9.67. The van der Waals surface area contributed by atoms with Crippen molar-refractivity contribution in [2.75, 3.05) is 26.8 Å². The molecule has 3 rings (SSSR count). The van der Waals surface area contributed by atoms with Crippen LogP contribution in [-0.2, 0) is 11.3 Å². The van der Waals surface area contributed by atoms with Crippen LogP contribution in [0.2, 0.25) is 0 Å². The van der Waals surface area contributed by atoms with Crippen LogP contribution in [0.5, 0.6) is 11.5 Å². The molecule has 1 fully saturated rings. The van der Waals surface area contributed by atoms with E-state index >= 15 is 0 Å². The van der Waals surface area contributed by atoms with Crippen molar-refractivity contribution in [2.24, 2.45) is 5.92 Å². The Morgan fingerprint density at radius 3 is 2.22 bits per heavy atom. The molecule has 0 spiro atoms. The third-order valence-corrected chi connectivity index (χ3v) is 6.63. The van der Waals surface area contributed by atoms with E-state index in [2.05, 4.69) is 36.2 Å². The van der Waals surface area contributed by atoms with Crippen LogP contribution in [0.4, 0.5) is 0 Å². The Morgan fingerprint density at radius 2 is 1.62 bits per heavy atom. The summed E-state index contributed by atoms with van der Waals surface area (Å²) in [4.78, 5) is 15.4. The summed E-state index contributed by atoms with van der Waals surface area (Å²) in [5.41, 5.74) is 3.21. The molecule has 0 saturated heterocycles. The number of carbonyl (C=O) groups excluding carboxylic acids is 1. The number of amides is 1. The molecule has 5 nitrogen and oxygen atoms in total. The van der Waals surface area contributed by atoms with Crippen molar-refractivity contribution in [1.29, 1.82) is 0 Å². The fourth-order valence-electron chi connectivity index (χ4n) is 4.75. The largest absolute Gasteiger partial charge is 0.497 e. The van der Waals surface area contributed by atoms with Gasteiger partial charge in [0.15, 0.2) is 0 Å². The van der Waals surface area contributed by atoms with Crippen LogP contribution in [0.1, 0.15) is 52.0 Å². The van der Waals surface area contributed by atoms with Gasteiger partial charge in [0.1, 0.15) is 11.5 Å². The van der Waals surface area contributed by atoms with Crippen LogP contribution in [0.3, 0.4) is 0 Å². The van der Waals surface area contributed by atoms with Gasteiger partial charge in [0, 0.05) is 24.1 Å². The molecular weight excluding hydrogens is 400 g/mol. The van der Waals surface area contributed by atoms with Gasteiger partial charge in [0.25, 0.3) is 0 Å². The molecule has 0 unspecified atom stereocenters. The van der Waals surface area contributed by atoms with E-state index in [-0.39, 0.29) is 11.8 Å². The number of hydrogen-bond acceptors (Lipinski definition) is 4. The Morgan fingerprint density at radius 1 is 0.969 bits per heavy atom. The molecule has 1 saturated carbocycles. The Labute approximate surface area is 193 Å². The molecule has 32 heavy (non-hydrogen) atoms. The minimum absolute atomic E-state index is 0.113. The van der Waals surface area contributed by atoms with Crippen molar-refractivity contribution in [3.05, 3.63) is 48.0 Å². The van der Waals surface area contributed by atoms with E-state index in [1.165, 1.54) is 0 Å². The molecule has 1 aliphatic rings.